The number of urea groups is 1. The van der Waals surface area contributed by atoms with Crippen LogP contribution in [-0.4, -0.2) is 38.9 Å². The van der Waals surface area contributed by atoms with Crippen molar-refractivity contribution in [2.45, 2.75) is 25.3 Å². The average Bonchev–Trinajstić information content (AvgIpc) is 2.85. The van der Waals surface area contributed by atoms with Gasteiger partial charge in [-0.2, -0.15) is 5.10 Å². The van der Waals surface area contributed by atoms with Crippen LogP contribution in [0.25, 0.3) is 0 Å². The highest BCUT2D eigenvalue weighted by Gasteiger charge is 2.47. The van der Waals surface area contributed by atoms with Crippen LogP contribution in [0.3, 0.4) is 0 Å². The lowest BCUT2D eigenvalue weighted by Crippen LogP contribution is -2.44. The summed E-state index contributed by atoms with van der Waals surface area (Å²) in [5, 5.41) is 26.6. The second-order valence-corrected chi connectivity index (χ2v) is 6.32. The number of phenolic OH excluding ortho intramolecular Hbond substituents is 2. The molecule has 1 saturated heterocycles. The molecule has 3 N–H and O–H groups in total. The van der Waals surface area contributed by atoms with Crippen LogP contribution in [0, 0.1) is 0 Å². The summed E-state index contributed by atoms with van der Waals surface area (Å²) in [6, 6.07) is 13.4. The Morgan fingerprint density at radius 2 is 1.85 bits per heavy atom. The molecule has 1 fully saturated rings. The van der Waals surface area contributed by atoms with Gasteiger partial charge in [0.2, 0.25) is 0 Å². The molecule has 0 aliphatic carbocycles. The first-order chi connectivity index (χ1) is 12.4. The monoisotopic (exact) mass is 353 g/mol. The molecule has 134 valence electrons. The lowest BCUT2D eigenvalue weighted by molar-refractivity contribution is -0.130. The van der Waals surface area contributed by atoms with Crippen LogP contribution in [-0.2, 0) is 11.2 Å². The summed E-state index contributed by atoms with van der Waals surface area (Å²) in [6.45, 7) is 1.66. The number of phenols is 2. The van der Waals surface area contributed by atoms with Gasteiger partial charge in [0.15, 0.2) is 11.5 Å². The number of imide groups is 1. The molecule has 3 rings (SSSR count). The SMILES string of the molecule is C[C@]1(CCc2ccccc2)NC(=O)N(/N=C/c2cccc(O)c2O)C1=O. The van der Waals surface area contributed by atoms with Crippen molar-refractivity contribution in [3.63, 3.8) is 0 Å². The molecule has 7 nitrogen and oxygen atoms in total. The summed E-state index contributed by atoms with van der Waals surface area (Å²) >= 11 is 0. The van der Waals surface area contributed by atoms with Gasteiger partial charge in [-0.25, -0.2) is 4.79 Å². The van der Waals surface area contributed by atoms with Crippen LogP contribution in [0.2, 0.25) is 0 Å². The number of carbonyl (C=O) groups is 2. The highest BCUT2D eigenvalue weighted by atomic mass is 16.3. The van der Waals surface area contributed by atoms with E-state index in [1.54, 1.807) is 6.92 Å². The molecular weight excluding hydrogens is 334 g/mol. The topological polar surface area (TPSA) is 102 Å². The zero-order valence-electron chi connectivity index (χ0n) is 14.2. The number of rotatable bonds is 5. The predicted molar refractivity (Wildman–Crippen MR) is 95.9 cm³/mol. The van der Waals surface area contributed by atoms with E-state index in [1.807, 2.05) is 30.3 Å². The maximum atomic E-state index is 12.6. The summed E-state index contributed by atoms with van der Waals surface area (Å²) in [5.41, 5.74) is 0.219. The molecular formula is C19H19N3O4. The normalized spacial score (nSPS) is 20.0. The second kappa shape index (κ2) is 6.87. The Morgan fingerprint density at radius 1 is 1.12 bits per heavy atom. The van der Waals surface area contributed by atoms with E-state index in [0.717, 1.165) is 16.8 Å². The van der Waals surface area contributed by atoms with E-state index in [9.17, 15) is 19.8 Å². The fourth-order valence-electron chi connectivity index (χ4n) is 2.75. The largest absolute Gasteiger partial charge is 0.504 e. The van der Waals surface area contributed by atoms with Crippen LogP contribution in [0.5, 0.6) is 11.5 Å². The highest BCUT2D eigenvalue weighted by Crippen LogP contribution is 2.28. The number of benzene rings is 2. The van der Waals surface area contributed by atoms with Crippen molar-refractivity contribution in [2.24, 2.45) is 5.10 Å². The molecule has 1 atom stereocenters. The maximum Gasteiger partial charge on any atom is 0.346 e. The van der Waals surface area contributed by atoms with E-state index in [2.05, 4.69) is 10.4 Å². The third-order valence-corrected chi connectivity index (χ3v) is 4.35. The van der Waals surface area contributed by atoms with Crippen molar-refractivity contribution in [1.82, 2.24) is 10.3 Å². The number of nitrogens with one attached hydrogen (secondary N) is 1. The Kier molecular flexibility index (Phi) is 4.62. The predicted octanol–water partition coefficient (Wildman–Crippen LogP) is 2.38. The van der Waals surface area contributed by atoms with Gasteiger partial charge in [0.25, 0.3) is 5.91 Å². The fourth-order valence-corrected chi connectivity index (χ4v) is 2.75. The molecule has 0 radical (unpaired) electrons. The second-order valence-electron chi connectivity index (χ2n) is 6.32. The third kappa shape index (κ3) is 3.37. The molecule has 1 heterocycles. The summed E-state index contributed by atoms with van der Waals surface area (Å²) < 4.78 is 0. The van der Waals surface area contributed by atoms with Crippen molar-refractivity contribution in [3.05, 3.63) is 59.7 Å². The van der Waals surface area contributed by atoms with Crippen molar-refractivity contribution in [1.29, 1.82) is 0 Å². The van der Waals surface area contributed by atoms with E-state index in [-0.39, 0.29) is 17.1 Å². The third-order valence-electron chi connectivity index (χ3n) is 4.35. The number of carbonyl (C=O) groups excluding carboxylic acids is 2. The molecule has 0 aromatic heterocycles. The maximum absolute atomic E-state index is 12.6. The molecule has 0 bridgehead atoms. The van der Waals surface area contributed by atoms with Crippen LogP contribution in [0.4, 0.5) is 4.79 Å². The minimum atomic E-state index is -1.05. The van der Waals surface area contributed by atoms with Gasteiger partial charge >= 0.3 is 6.03 Å². The smallest absolute Gasteiger partial charge is 0.346 e. The number of aromatic hydroxyl groups is 2. The molecule has 0 saturated carbocycles. The van der Waals surface area contributed by atoms with Gasteiger partial charge in [0.05, 0.1) is 6.21 Å². The Morgan fingerprint density at radius 3 is 2.58 bits per heavy atom. The molecule has 1 aliphatic heterocycles. The van der Waals surface area contributed by atoms with Crippen molar-refractivity contribution < 1.29 is 19.8 Å². The first-order valence-corrected chi connectivity index (χ1v) is 8.16. The van der Waals surface area contributed by atoms with E-state index in [1.165, 1.54) is 18.2 Å². The van der Waals surface area contributed by atoms with Crippen LogP contribution >= 0.6 is 0 Å². The number of nitrogens with zero attached hydrogens (tertiary/aromatic N) is 2. The Balaban J connectivity index is 1.74. The average molecular weight is 353 g/mol. The standard InChI is InChI=1S/C19H19N3O4/c1-19(11-10-13-6-3-2-4-7-13)17(25)22(18(26)21-19)20-12-14-8-5-9-15(23)16(14)24/h2-9,12,23-24H,10-11H2,1H3,(H,21,26)/b20-12+/t19-/m1/s1. The number of hydrogen-bond donors (Lipinski definition) is 3. The number of amides is 3. The van der Waals surface area contributed by atoms with Gasteiger partial charge in [0.1, 0.15) is 5.54 Å². The van der Waals surface area contributed by atoms with Gasteiger partial charge < -0.3 is 15.5 Å². The van der Waals surface area contributed by atoms with E-state index in [0.29, 0.717) is 12.8 Å². The summed E-state index contributed by atoms with van der Waals surface area (Å²) in [6.07, 6.45) is 2.23. The summed E-state index contributed by atoms with van der Waals surface area (Å²) in [4.78, 5) is 24.8. The van der Waals surface area contributed by atoms with Gasteiger partial charge in [0, 0.05) is 5.56 Å². The van der Waals surface area contributed by atoms with E-state index >= 15 is 0 Å². The van der Waals surface area contributed by atoms with Gasteiger partial charge in [-0.05, 0) is 37.5 Å². The Bertz CT molecular complexity index is 866. The van der Waals surface area contributed by atoms with E-state index in [4.69, 9.17) is 0 Å². The quantitative estimate of drug-likeness (QED) is 0.436. The van der Waals surface area contributed by atoms with Crippen LogP contribution in [0.15, 0.2) is 53.6 Å². The molecule has 2 aromatic rings. The Hall–Kier alpha value is -3.35. The zero-order valence-corrected chi connectivity index (χ0v) is 14.2. The number of hydrazone groups is 1. The molecule has 3 amide bonds. The summed E-state index contributed by atoms with van der Waals surface area (Å²) in [5.74, 6) is -1.14. The fraction of sp³-hybridized carbons (Fsp3) is 0.211. The van der Waals surface area contributed by atoms with Gasteiger partial charge in [-0.3, -0.25) is 4.79 Å². The molecule has 26 heavy (non-hydrogen) atoms. The molecule has 0 unspecified atom stereocenters. The first-order valence-electron chi connectivity index (χ1n) is 8.16. The van der Waals surface area contributed by atoms with Crippen molar-refractivity contribution in [2.75, 3.05) is 0 Å². The van der Waals surface area contributed by atoms with Crippen LogP contribution < -0.4 is 5.32 Å². The van der Waals surface area contributed by atoms with Crippen LogP contribution in [0.1, 0.15) is 24.5 Å². The molecule has 2 aromatic carbocycles. The lowest BCUT2D eigenvalue weighted by Gasteiger charge is -2.20. The number of aryl methyl sites for hydroxylation is 1. The number of hydrogen-bond acceptors (Lipinski definition) is 5. The minimum absolute atomic E-state index is 0.198. The highest BCUT2D eigenvalue weighted by molar-refractivity contribution is 6.07. The molecule has 1 aliphatic rings. The van der Waals surface area contributed by atoms with E-state index < -0.39 is 17.5 Å². The number of para-hydroxylation sites is 1. The summed E-state index contributed by atoms with van der Waals surface area (Å²) in [7, 11) is 0. The molecule has 7 heteroatoms. The molecule has 0 spiro atoms. The van der Waals surface area contributed by atoms with Gasteiger partial charge in [-0.15, -0.1) is 5.01 Å². The Labute approximate surface area is 150 Å². The first kappa shape index (κ1) is 17.5. The minimum Gasteiger partial charge on any atom is -0.504 e. The van der Waals surface area contributed by atoms with Crippen molar-refractivity contribution in [3.8, 4) is 11.5 Å². The lowest BCUT2D eigenvalue weighted by atomic mass is 9.93. The van der Waals surface area contributed by atoms with Crippen molar-refractivity contribution >= 4 is 18.2 Å². The van der Waals surface area contributed by atoms with Gasteiger partial charge in [-0.1, -0.05) is 36.4 Å². The zero-order chi connectivity index (χ0) is 18.7.